The first-order chi connectivity index (χ1) is 10.0. The normalized spacial score (nSPS) is 25.5. The molecule has 0 aliphatic carbocycles. The van der Waals surface area contributed by atoms with E-state index in [0.717, 1.165) is 17.3 Å². The van der Waals surface area contributed by atoms with Crippen molar-refractivity contribution in [2.45, 2.75) is 38.3 Å². The number of carbonyl (C=O) groups is 2. The fourth-order valence-corrected chi connectivity index (χ4v) is 3.99. The van der Waals surface area contributed by atoms with Gasteiger partial charge in [0.2, 0.25) is 5.91 Å². The van der Waals surface area contributed by atoms with E-state index in [-0.39, 0.29) is 17.9 Å². The first kappa shape index (κ1) is 14.9. The zero-order valence-electron chi connectivity index (χ0n) is 11.7. The Labute approximate surface area is 137 Å². The van der Waals surface area contributed by atoms with Gasteiger partial charge in [0.1, 0.15) is 12.1 Å². The van der Waals surface area contributed by atoms with Gasteiger partial charge in [-0.1, -0.05) is 34.5 Å². The van der Waals surface area contributed by atoms with Gasteiger partial charge in [-0.05, 0) is 37.5 Å². The minimum absolute atomic E-state index is 0.0110. The lowest BCUT2D eigenvalue weighted by Gasteiger charge is -2.42. The summed E-state index contributed by atoms with van der Waals surface area (Å²) in [6, 6.07) is 4.62. The number of halogens is 2. The summed E-state index contributed by atoms with van der Waals surface area (Å²) in [4.78, 5) is 28.8. The molecule has 2 atom stereocenters. The molecule has 0 bridgehead atoms. The van der Waals surface area contributed by atoms with Crippen LogP contribution < -0.4 is 4.90 Å². The fraction of sp³-hybridized carbons (Fsp3) is 0.467. The summed E-state index contributed by atoms with van der Waals surface area (Å²) in [5, 5.41) is 0.482. The summed E-state index contributed by atoms with van der Waals surface area (Å²) < 4.78 is 0.850. The highest BCUT2D eigenvalue weighted by atomic mass is 79.9. The Morgan fingerprint density at radius 3 is 2.76 bits per heavy atom. The molecule has 21 heavy (non-hydrogen) atoms. The Morgan fingerprint density at radius 2 is 2.10 bits per heavy atom. The highest BCUT2D eigenvalue weighted by Gasteiger charge is 2.47. The maximum absolute atomic E-state index is 12.8. The molecule has 0 saturated carbocycles. The Kier molecular flexibility index (Phi) is 3.97. The molecule has 4 nitrogen and oxygen atoms in total. The van der Waals surface area contributed by atoms with Gasteiger partial charge < -0.3 is 4.90 Å². The van der Waals surface area contributed by atoms with Gasteiger partial charge in [0.15, 0.2) is 0 Å². The van der Waals surface area contributed by atoms with Crippen molar-refractivity contribution in [3.63, 3.8) is 0 Å². The lowest BCUT2D eigenvalue weighted by molar-refractivity contribution is -0.144. The highest BCUT2D eigenvalue weighted by Crippen LogP contribution is 2.36. The van der Waals surface area contributed by atoms with Gasteiger partial charge in [-0.25, -0.2) is 0 Å². The van der Waals surface area contributed by atoms with Crippen LogP contribution in [0.2, 0.25) is 5.02 Å². The molecule has 0 spiro atoms. The molecule has 2 unspecified atom stereocenters. The van der Waals surface area contributed by atoms with Crippen molar-refractivity contribution in [1.82, 2.24) is 4.90 Å². The first-order valence-electron chi connectivity index (χ1n) is 7.13. The average molecular weight is 372 g/mol. The molecule has 2 amide bonds. The van der Waals surface area contributed by atoms with E-state index in [2.05, 4.69) is 15.9 Å². The summed E-state index contributed by atoms with van der Waals surface area (Å²) in [6.07, 6.45) is 2.21. The zero-order valence-corrected chi connectivity index (χ0v) is 14.0. The monoisotopic (exact) mass is 370 g/mol. The first-order valence-corrected chi connectivity index (χ1v) is 8.30. The second-order valence-electron chi connectivity index (χ2n) is 5.42. The molecule has 2 fully saturated rings. The molecule has 0 N–H and O–H groups in total. The van der Waals surface area contributed by atoms with Crippen molar-refractivity contribution in [1.29, 1.82) is 0 Å². The molecule has 6 heteroatoms. The van der Waals surface area contributed by atoms with Crippen molar-refractivity contribution >= 4 is 45.0 Å². The van der Waals surface area contributed by atoms with E-state index >= 15 is 0 Å². The number of piperazine rings is 1. The van der Waals surface area contributed by atoms with Crippen LogP contribution in [0.3, 0.4) is 0 Å². The van der Waals surface area contributed by atoms with Crippen LogP contribution >= 0.6 is 27.5 Å². The van der Waals surface area contributed by atoms with Crippen LogP contribution in [0.4, 0.5) is 5.69 Å². The van der Waals surface area contributed by atoms with Gasteiger partial charge in [-0.15, -0.1) is 0 Å². The van der Waals surface area contributed by atoms with Crippen molar-refractivity contribution in [2.24, 2.45) is 0 Å². The predicted molar refractivity (Wildman–Crippen MR) is 85.5 cm³/mol. The molecule has 2 aliphatic heterocycles. The number of carbonyl (C=O) groups excluding carboxylic acids is 2. The van der Waals surface area contributed by atoms with Gasteiger partial charge in [0, 0.05) is 11.0 Å². The smallest absolute Gasteiger partial charge is 0.250 e. The molecule has 2 aliphatic rings. The molecule has 112 valence electrons. The van der Waals surface area contributed by atoms with E-state index in [0.29, 0.717) is 23.7 Å². The van der Waals surface area contributed by atoms with Crippen molar-refractivity contribution in [2.75, 3.05) is 11.4 Å². The quantitative estimate of drug-likeness (QED) is 0.801. The lowest BCUT2D eigenvalue weighted by atomic mass is 10.0. The van der Waals surface area contributed by atoms with E-state index in [4.69, 9.17) is 11.6 Å². The Morgan fingerprint density at radius 1 is 1.33 bits per heavy atom. The molecule has 1 aromatic rings. The number of anilines is 1. The van der Waals surface area contributed by atoms with Crippen LogP contribution in [0, 0.1) is 0 Å². The maximum Gasteiger partial charge on any atom is 0.250 e. The Balaban J connectivity index is 2.05. The number of amides is 2. The number of hydrogen-bond donors (Lipinski definition) is 0. The van der Waals surface area contributed by atoms with Gasteiger partial charge >= 0.3 is 0 Å². The number of benzene rings is 1. The Bertz CT molecular complexity index is 607. The second kappa shape index (κ2) is 5.61. The van der Waals surface area contributed by atoms with Crippen LogP contribution in [-0.4, -0.2) is 35.3 Å². The number of hydrogen-bond acceptors (Lipinski definition) is 2. The standard InChI is InChI=1S/C15H16BrClN2O2/c1-2-11-14(20)18-7-3-4-13(18)15(21)19(11)12-6-5-9(16)8-10(12)17/h5-6,8,11,13H,2-4,7H2,1H3. The third kappa shape index (κ3) is 2.36. The topological polar surface area (TPSA) is 40.6 Å². The predicted octanol–water partition coefficient (Wildman–Crippen LogP) is 3.22. The van der Waals surface area contributed by atoms with Crippen LogP contribution in [0.5, 0.6) is 0 Å². The molecule has 2 heterocycles. The molecule has 3 rings (SSSR count). The Hall–Kier alpha value is -1.07. The van der Waals surface area contributed by atoms with E-state index in [1.807, 2.05) is 13.0 Å². The van der Waals surface area contributed by atoms with Crippen LogP contribution in [0.25, 0.3) is 0 Å². The van der Waals surface area contributed by atoms with E-state index in [1.54, 1.807) is 21.9 Å². The van der Waals surface area contributed by atoms with Crippen molar-refractivity contribution in [3.05, 3.63) is 27.7 Å². The van der Waals surface area contributed by atoms with E-state index in [1.165, 1.54) is 0 Å². The van der Waals surface area contributed by atoms with E-state index < -0.39 is 6.04 Å². The summed E-state index contributed by atoms with van der Waals surface area (Å²) in [6.45, 7) is 2.61. The highest BCUT2D eigenvalue weighted by molar-refractivity contribution is 9.10. The SMILES string of the molecule is CCC1C(=O)N2CCCC2C(=O)N1c1ccc(Br)cc1Cl. The number of rotatable bonds is 2. The summed E-state index contributed by atoms with van der Waals surface area (Å²) in [7, 11) is 0. The van der Waals surface area contributed by atoms with Gasteiger partial charge in [-0.3, -0.25) is 14.5 Å². The van der Waals surface area contributed by atoms with Crippen LogP contribution in [0.15, 0.2) is 22.7 Å². The third-order valence-corrected chi connectivity index (χ3v) is 5.01. The van der Waals surface area contributed by atoms with Gasteiger partial charge in [-0.2, -0.15) is 0 Å². The lowest BCUT2D eigenvalue weighted by Crippen LogP contribution is -2.63. The minimum atomic E-state index is -0.453. The minimum Gasteiger partial charge on any atom is -0.329 e. The molecule has 0 radical (unpaired) electrons. The van der Waals surface area contributed by atoms with Crippen LogP contribution in [0.1, 0.15) is 26.2 Å². The maximum atomic E-state index is 12.8. The molecule has 0 aromatic heterocycles. The van der Waals surface area contributed by atoms with E-state index in [9.17, 15) is 9.59 Å². The van der Waals surface area contributed by atoms with Gasteiger partial charge in [0.05, 0.1) is 10.7 Å². The molecular formula is C15H16BrClN2O2. The van der Waals surface area contributed by atoms with Crippen molar-refractivity contribution < 1.29 is 9.59 Å². The summed E-state index contributed by atoms with van der Waals surface area (Å²) in [5.41, 5.74) is 0.622. The largest absolute Gasteiger partial charge is 0.329 e. The summed E-state index contributed by atoms with van der Waals surface area (Å²) >= 11 is 9.65. The second-order valence-corrected chi connectivity index (χ2v) is 6.74. The van der Waals surface area contributed by atoms with Crippen molar-refractivity contribution in [3.8, 4) is 0 Å². The van der Waals surface area contributed by atoms with Gasteiger partial charge in [0.25, 0.3) is 5.91 Å². The summed E-state index contributed by atoms with van der Waals surface area (Å²) in [5.74, 6) is 0.0294. The van der Waals surface area contributed by atoms with Crippen LogP contribution in [-0.2, 0) is 9.59 Å². The average Bonchev–Trinajstić information content (AvgIpc) is 2.93. The molecule has 1 aromatic carbocycles. The number of nitrogens with zero attached hydrogens (tertiary/aromatic N) is 2. The zero-order chi connectivity index (χ0) is 15.1. The number of fused-ring (bicyclic) bond motifs is 1. The molecular weight excluding hydrogens is 356 g/mol. The molecule has 2 saturated heterocycles. The fourth-order valence-electron chi connectivity index (χ4n) is 3.22. The third-order valence-electron chi connectivity index (χ3n) is 4.21.